The van der Waals surface area contributed by atoms with E-state index in [0.29, 0.717) is 12.1 Å². The van der Waals surface area contributed by atoms with Crippen molar-refractivity contribution in [2.24, 2.45) is 0 Å². The van der Waals surface area contributed by atoms with Crippen LogP contribution >= 0.6 is 0 Å². The third kappa shape index (κ3) is 5.59. The molecule has 1 aromatic carbocycles. The van der Waals surface area contributed by atoms with Crippen LogP contribution in [-0.4, -0.2) is 59.6 Å². The zero-order valence-electron chi connectivity index (χ0n) is 15.7. The molecule has 1 amide bonds. The number of carbonyl (C=O) groups is 2. The first kappa shape index (κ1) is 22.5. The van der Waals surface area contributed by atoms with E-state index in [0.717, 1.165) is 31.7 Å². The van der Waals surface area contributed by atoms with Crippen LogP contribution in [0, 0.1) is 5.41 Å². The standard InChI is InChI=1S/C17H21F3N4O2.CH2O2/c1-24-10-5-6-11(24)8-9(7-10)23-16(25)15(22)12-3-2-4-13(14(12)21)26-17(18,19)20;2-1-3/h2-4,9-11,22H,5-8,21H2,1H3,(H,23,25);1H,(H,2,3). The van der Waals surface area contributed by atoms with Gasteiger partial charge in [-0.1, -0.05) is 12.1 Å². The summed E-state index contributed by atoms with van der Waals surface area (Å²) in [5, 5.41) is 17.8. The number of nitrogens with two attached hydrogens (primary N) is 1. The van der Waals surface area contributed by atoms with Crippen LogP contribution in [0.3, 0.4) is 0 Å². The van der Waals surface area contributed by atoms with E-state index < -0.39 is 23.7 Å². The van der Waals surface area contributed by atoms with E-state index in [1.54, 1.807) is 0 Å². The lowest BCUT2D eigenvalue weighted by atomic mass is 9.97. The molecule has 160 valence electrons. The van der Waals surface area contributed by atoms with E-state index in [1.807, 2.05) is 0 Å². The lowest BCUT2D eigenvalue weighted by Crippen LogP contribution is -2.50. The normalized spacial score (nSPS) is 23.5. The zero-order valence-corrected chi connectivity index (χ0v) is 15.7. The Balaban J connectivity index is 0.000000941. The van der Waals surface area contributed by atoms with Gasteiger partial charge in [-0.05, 0) is 38.8 Å². The smallest absolute Gasteiger partial charge is 0.483 e. The van der Waals surface area contributed by atoms with E-state index >= 15 is 0 Å². The van der Waals surface area contributed by atoms with Crippen molar-refractivity contribution in [3.05, 3.63) is 23.8 Å². The molecule has 3 rings (SSSR count). The van der Waals surface area contributed by atoms with Crippen molar-refractivity contribution in [2.45, 2.75) is 50.2 Å². The van der Waals surface area contributed by atoms with Crippen LogP contribution in [0.4, 0.5) is 18.9 Å². The fourth-order valence-corrected chi connectivity index (χ4v) is 3.88. The summed E-state index contributed by atoms with van der Waals surface area (Å²) in [6.07, 6.45) is -1.11. The number of benzene rings is 1. The maximum atomic E-state index is 12.4. The van der Waals surface area contributed by atoms with Crippen LogP contribution in [0.25, 0.3) is 0 Å². The van der Waals surface area contributed by atoms with Gasteiger partial charge in [-0.2, -0.15) is 0 Å². The van der Waals surface area contributed by atoms with Gasteiger partial charge in [0.1, 0.15) is 5.71 Å². The maximum absolute atomic E-state index is 12.4. The molecule has 2 heterocycles. The summed E-state index contributed by atoms with van der Waals surface area (Å²) >= 11 is 0. The fraction of sp³-hybridized carbons (Fsp3) is 0.500. The van der Waals surface area contributed by atoms with Crippen LogP contribution in [0.5, 0.6) is 5.75 Å². The van der Waals surface area contributed by atoms with Crippen LogP contribution in [0.15, 0.2) is 18.2 Å². The fourth-order valence-electron chi connectivity index (χ4n) is 3.88. The van der Waals surface area contributed by atoms with E-state index in [2.05, 4.69) is 22.0 Å². The number of anilines is 1. The first-order chi connectivity index (χ1) is 13.6. The Kier molecular flexibility index (Phi) is 7.07. The number of para-hydroxylation sites is 1. The van der Waals surface area contributed by atoms with E-state index in [-0.39, 0.29) is 23.8 Å². The number of nitrogens with one attached hydrogen (secondary N) is 2. The summed E-state index contributed by atoms with van der Waals surface area (Å²) < 4.78 is 41.1. The number of nitrogen functional groups attached to an aromatic ring is 1. The molecule has 0 aromatic heterocycles. The van der Waals surface area contributed by atoms with Crippen LogP contribution < -0.4 is 15.8 Å². The Morgan fingerprint density at radius 2 is 1.90 bits per heavy atom. The highest BCUT2D eigenvalue weighted by molar-refractivity contribution is 6.45. The molecule has 0 saturated carbocycles. The van der Waals surface area contributed by atoms with Gasteiger partial charge in [-0.25, -0.2) is 0 Å². The van der Waals surface area contributed by atoms with Crippen LogP contribution in [-0.2, 0) is 9.59 Å². The number of amides is 1. The second-order valence-electron chi connectivity index (χ2n) is 6.94. The third-order valence-electron chi connectivity index (χ3n) is 5.22. The van der Waals surface area contributed by atoms with Crippen molar-refractivity contribution < 1.29 is 32.6 Å². The first-order valence-electron chi connectivity index (χ1n) is 8.91. The molecule has 11 heteroatoms. The lowest BCUT2D eigenvalue weighted by Gasteiger charge is -2.36. The molecule has 0 spiro atoms. The van der Waals surface area contributed by atoms with Crippen molar-refractivity contribution in [1.82, 2.24) is 10.2 Å². The van der Waals surface area contributed by atoms with Crippen molar-refractivity contribution >= 4 is 23.8 Å². The number of carbonyl (C=O) groups excluding carboxylic acids is 1. The number of fused-ring (bicyclic) bond motifs is 2. The van der Waals surface area contributed by atoms with E-state index in [1.165, 1.54) is 12.1 Å². The molecule has 5 N–H and O–H groups in total. The molecular weight excluding hydrogens is 393 g/mol. The van der Waals surface area contributed by atoms with Gasteiger partial charge in [0, 0.05) is 23.7 Å². The van der Waals surface area contributed by atoms with Crippen molar-refractivity contribution in [2.75, 3.05) is 12.8 Å². The minimum absolute atomic E-state index is 0.0487. The topological polar surface area (TPSA) is 129 Å². The Labute approximate surface area is 165 Å². The quantitative estimate of drug-likeness (QED) is 0.338. The number of ether oxygens (including phenoxy) is 1. The molecule has 1 aromatic rings. The van der Waals surface area contributed by atoms with Gasteiger partial charge in [-0.3, -0.25) is 15.0 Å². The molecule has 2 bridgehead atoms. The van der Waals surface area contributed by atoms with Gasteiger partial charge in [-0.15, -0.1) is 13.2 Å². The number of nitrogens with zero attached hydrogens (tertiary/aromatic N) is 1. The van der Waals surface area contributed by atoms with Crippen LogP contribution in [0.2, 0.25) is 0 Å². The number of hydrogen-bond donors (Lipinski definition) is 4. The SMILES string of the molecule is CN1C2CCC1CC(NC(=O)C(=N)c1cccc(OC(F)(F)F)c1N)C2.O=CO. The molecule has 8 nitrogen and oxygen atoms in total. The Bertz CT molecular complexity index is 758. The van der Waals surface area contributed by atoms with Gasteiger partial charge in [0.05, 0.1) is 5.69 Å². The predicted molar refractivity (Wildman–Crippen MR) is 98.8 cm³/mol. The van der Waals surface area contributed by atoms with Gasteiger partial charge < -0.3 is 25.8 Å². The number of alkyl halides is 3. The van der Waals surface area contributed by atoms with Gasteiger partial charge >= 0.3 is 6.36 Å². The summed E-state index contributed by atoms with van der Waals surface area (Å²) in [7, 11) is 2.08. The Hall–Kier alpha value is -2.82. The Morgan fingerprint density at radius 3 is 2.41 bits per heavy atom. The maximum Gasteiger partial charge on any atom is 0.573 e. The minimum atomic E-state index is -4.90. The Morgan fingerprint density at radius 1 is 1.34 bits per heavy atom. The molecule has 29 heavy (non-hydrogen) atoms. The zero-order chi connectivity index (χ0) is 21.8. The lowest BCUT2D eigenvalue weighted by molar-refractivity contribution is -0.274. The summed E-state index contributed by atoms with van der Waals surface area (Å²) in [6, 6.07) is 4.44. The van der Waals surface area contributed by atoms with Gasteiger partial charge in [0.2, 0.25) is 0 Å². The number of halogens is 3. The molecule has 2 saturated heterocycles. The second-order valence-corrected chi connectivity index (χ2v) is 6.94. The highest BCUT2D eigenvalue weighted by atomic mass is 19.4. The highest BCUT2D eigenvalue weighted by Gasteiger charge is 2.39. The van der Waals surface area contributed by atoms with Gasteiger partial charge in [0.15, 0.2) is 5.75 Å². The molecule has 2 atom stereocenters. The van der Waals surface area contributed by atoms with Crippen molar-refractivity contribution in [3.63, 3.8) is 0 Å². The molecule has 0 radical (unpaired) electrons. The molecular formula is C18H23F3N4O4. The average molecular weight is 416 g/mol. The summed E-state index contributed by atoms with van der Waals surface area (Å²) in [4.78, 5) is 23.1. The second kappa shape index (κ2) is 9.12. The monoisotopic (exact) mass is 416 g/mol. The minimum Gasteiger partial charge on any atom is -0.483 e. The largest absolute Gasteiger partial charge is 0.573 e. The molecule has 2 unspecified atom stereocenters. The van der Waals surface area contributed by atoms with E-state index in [4.69, 9.17) is 21.0 Å². The van der Waals surface area contributed by atoms with Crippen LogP contribution in [0.1, 0.15) is 31.2 Å². The number of rotatable bonds is 4. The number of hydrogen-bond acceptors (Lipinski definition) is 6. The third-order valence-corrected chi connectivity index (χ3v) is 5.22. The molecule has 2 aliphatic rings. The molecule has 0 aliphatic carbocycles. The predicted octanol–water partition coefficient (Wildman–Crippen LogP) is 1.98. The number of piperidine rings is 1. The van der Waals surface area contributed by atoms with E-state index in [9.17, 15) is 18.0 Å². The van der Waals surface area contributed by atoms with Crippen molar-refractivity contribution in [1.29, 1.82) is 5.41 Å². The van der Waals surface area contributed by atoms with Gasteiger partial charge in [0.25, 0.3) is 12.4 Å². The van der Waals surface area contributed by atoms with Crippen molar-refractivity contribution in [3.8, 4) is 5.75 Å². The summed E-state index contributed by atoms with van der Waals surface area (Å²) in [6.45, 7) is -0.250. The molecule has 2 aliphatic heterocycles. The summed E-state index contributed by atoms with van der Waals surface area (Å²) in [5.74, 6) is -1.26. The first-order valence-corrected chi connectivity index (χ1v) is 8.91. The summed E-state index contributed by atoms with van der Waals surface area (Å²) in [5.41, 5.74) is 4.75. The average Bonchev–Trinajstić information content (AvgIpc) is 2.84. The highest BCUT2D eigenvalue weighted by Crippen LogP contribution is 2.34. The number of carboxylic acid groups (broad SMARTS) is 1. The molecule has 2 fully saturated rings.